The summed E-state index contributed by atoms with van der Waals surface area (Å²) < 4.78 is 7.67. The van der Waals surface area contributed by atoms with E-state index in [2.05, 4.69) is 5.32 Å². The largest absolute Gasteiger partial charge is 0.384 e. The summed E-state index contributed by atoms with van der Waals surface area (Å²) in [6.45, 7) is 1.26. The minimum absolute atomic E-state index is 0.0836. The zero-order valence-corrected chi connectivity index (χ0v) is 15.9. The molecule has 2 aliphatic rings. The summed E-state index contributed by atoms with van der Waals surface area (Å²) >= 11 is 0. The lowest BCUT2D eigenvalue weighted by Gasteiger charge is -2.15. The molecule has 1 saturated heterocycles. The van der Waals surface area contributed by atoms with Gasteiger partial charge in [0.05, 0.1) is 17.1 Å². The van der Waals surface area contributed by atoms with Gasteiger partial charge in [-0.1, -0.05) is 25.0 Å². The van der Waals surface area contributed by atoms with E-state index in [4.69, 9.17) is 20.4 Å². The van der Waals surface area contributed by atoms with Crippen molar-refractivity contribution in [1.29, 1.82) is 0 Å². The average molecular weight is 379 g/mol. The molecule has 2 aromatic heterocycles. The van der Waals surface area contributed by atoms with Crippen LogP contribution in [0.1, 0.15) is 54.9 Å². The van der Waals surface area contributed by atoms with Crippen LogP contribution in [0.15, 0.2) is 24.3 Å². The number of carbonyl (C=O) groups excluding carboxylic acids is 1. The molecule has 146 valence electrons. The summed E-state index contributed by atoms with van der Waals surface area (Å²) in [7, 11) is 0. The molecule has 7 nitrogen and oxygen atoms in total. The number of aromatic nitrogens is 3. The number of ether oxygens (including phenoxy) is 1. The highest BCUT2D eigenvalue weighted by atomic mass is 16.5. The highest BCUT2D eigenvalue weighted by Crippen LogP contribution is 2.37. The Morgan fingerprint density at radius 1 is 1.14 bits per heavy atom. The van der Waals surface area contributed by atoms with Crippen LogP contribution in [0.25, 0.3) is 22.2 Å². The van der Waals surface area contributed by atoms with Gasteiger partial charge in [-0.15, -0.1) is 0 Å². The number of hydrogen-bond acceptors (Lipinski definition) is 5. The SMILES string of the molecule is Nc1c(C(=O)NC[C@H]2CCCO2)c2nc3ccccc3nc2n1C1CCCC1. The van der Waals surface area contributed by atoms with E-state index in [1.165, 1.54) is 12.8 Å². The molecule has 1 atom stereocenters. The number of hydrogen-bond donors (Lipinski definition) is 2. The fourth-order valence-corrected chi connectivity index (χ4v) is 4.54. The van der Waals surface area contributed by atoms with E-state index < -0.39 is 0 Å². The van der Waals surface area contributed by atoms with Gasteiger partial charge in [-0.2, -0.15) is 0 Å². The maximum Gasteiger partial charge on any atom is 0.257 e. The number of para-hydroxylation sites is 2. The van der Waals surface area contributed by atoms with Gasteiger partial charge in [0.1, 0.15) is 16.9 Å². The molecule has 0 radical (unpaired) electrons. The molecular formula is C21H25N5O2. The summed E-state index contributed by atoms with van der Waals surface area (Å²) in [5.41, 5.74) is 9.87. The molecular weight excluding hydrogens is 354 g/mol. The Kier molecular flexibility index (Phi) is 4.39. The first kappa shape index (κ1) is 17.4. The third-order valence-corrected chi connectivity index (χ3v) is 5.96. The van der Waals surface area contributed by atoms with Gasteiger partial charge >= 0.3 is 0 Å². The van der Waals surface area contributed by atoms with Gasteiger partial charge in [0.25, 0.3) is 5.91 Å². The Hall–Kier alpha value is -2.67. The van der Waals surface area contributed by atoms with E-state index in [1.807, 2.05) is 28.8 Å². The zero-order chi connectivity index (χ0) is 19.1. The summed E-state index contributed by atoms with van der Waals surface area (Å²) in [5.74, 6) is 0.279. The van der Waals surface area contributed by atoms with Gasteiger partial charge in [0.2, 0.25) is 0 Å². The molecule has 5 rings (SSSR count). The van der Waals surface area contributed by atoms with Crippen molar-refractivity contribution in [2.45, 2.75) is 50.7 Å². The Morgan fingerprint density at radius 2 is 1.89 bits per heavy atom. The minimum atomic E-state index is -0.195. The summed E-state index contributed by atoms with van der Waals surface area (Å²) in [6, 6.07) is 8.01. The van der Waals surface area contributed by atoms with Crippen LogP contribution >= 0.6 is 0 Å². The number of benzene rings is 1. The number of anilines is 1. The summed E-state index contributed by atoms with van der Waals surface area (Å²) in [4.78, 5) is 22.7. The number of rotatable bonds is 4. The molecule has 7 heteroatoms. The van der Waals surface area contributed by atoms with Gasteiger partial charge in [0, 0.05) is 19.2 Å². The Morgan fingerprint density at radius 3 is 2.61 bits per heavy atom. The van der Waals surface area contributed by atoms with E-state index in [9.17, 15) is 4.79 Å². The van der Waals surface area contributed by atoms with Gasteiger partial charge in [-0.25, -0.2) is 9.97 Å². The fraction of sp³-hybridized carbons (Fsp3) is 0.476. The van der Waals surface area contributed by atoms with Crippen LogP contribution in [0.5, 0.6) is 0 Å². The van der Waals surface area contributed by atoms with Gasteiger partial charge in [0.15, 0.2) is 5.65 Å². The molecule has 1 saturated carbocycles. The molecule has 0 bridgehead atoms. The van der Waals surface area contributed by atoms with Crippen LogP contribution in [-0.2, 0) is 4.74 Å². The first-order chi connectivity index (χ1) is 13.7. The number of nitrogens with two attached hydrogens (primary N) is 1. The van der Waals surface area contributed by atoms with E-state index in [0.717, 1.165) is 43.3 Å². The smallest absolute Gasteiger partial charge is 0.257 e. The second kappa shape index (κ2) is 7.05. The molecule has 0 unspecified atom stereocenters. The molecule has 3 N–H and O–H groups in total. The van der Waals surface area contributed by atoms with Crippen LogP contribution in [0.4, 0.5) is 5.82 Å². The lowest BCUT2D eigenvalue weighted by molar-refractivity contribution is 0.0859. The van der Waals surface area contributed by atoms with E-state index >= 15 is 0 Å². The highest BCUT2D eigenvalue weighted by molar-refractivity contribution is 6.10. The second-order valence-electron chi connectivity index (χ2n) is 7.80. The summed E-state index contributed by atoms with van der Waals surface area (Å²) in [6.07, 6.45) is 6.56. The number of nitrogen functional groups attached to an aromatic ring is 1. The maximum absolute atomic E-state index is 13.1. The van der Waals surface area contributed by atoms with E-state index in [0.29, 0.717) is 29.1 Å². The van der Waals surface area contributed by atoms with Crippen LogP contribution in [0.2, 0.25) is 0 Å². The molecule has 2 fully saturated rings. The predicted molar refractivity (Wildman–Crippen MR) is 108 cm³/mol. The number of amides is 1. The zero-order valence-electron chi connectivity index (χ0n) is 15.9. The number of fused-ring (bicyclic) bond motifs is 2. The topological polar surface area (TPSA) is 95.1 Å². The van der Waals surface area contributed by atoms with Crippen molar-refractivity contribution >= 4 is 33.9 Å². The van der Waals surface area contributed by atoms with Crippen LogP contribution < -0.4 is 11.1 Å². The Bertz CT molecular complexity index is 1030. The van der Waals surface area contributed by atoms with Crippen LogP contribution in [-0.4, -0.2) is 39.7 Å². The molecule has 0 spiro atoms. The quantitative estimate of drug-likeness (QED) is 0.726. The average Bonchev–Trinajstić information content (AvgIpc) is 3.44. The van der Waals surface area contributed by atoms with Crippen molar-refractivity contribution in [1.82, 2.24) is 19.9 Å². The third-order valence-electron chi connectivity index (χ3n) is 5.96. The van der Waals surface area contributed by atoms with Crippen molar-refractivity contribution < 1.29 is 9.53 Å². The van der Waals surface area contributed by atoms with Gasteiger partial charge in [-0.05, 0) is 37.8 Å². The van der Waals surface area contributed by atoms with E-state index in [-0.39, 0.29) is 18.1 Å². The lowest BCUT2D eigenvalue weighted by atomic mass is 10.2. The van der Waals surface area contributed by atoms with Crippen LogP contribution in [0, 0.1) is 0 Å². The van der Waals surface area contributed by atoms with Gasteiger partial charge < -0.3 is 20.4 Å². The van der Waals surface area contributed by atoms with E-state index in [1.54, 1.807) is 0 Å². The first-order valence-electron chi connectivity index (χ1n) is 10.2. The standard InChI is InChI=1S/C21H25N5O2/c22-19-17(21(27)23-12-14-8-5-11-28-14)18-20(26(19)13-6-1-2-7-13)25-16-10-4-3-9-15(16)24-18/h3-4,9-10,13-14H,1-2,5-8,11-12,22H2,(H,23,27)/t14-/m1/s1. The highest BCUT2D eigenvalue weighted by Gasteiger charge is 2.29. The normalized spacial score (nSPS) is 20.4. The molecule has 1 amide bonds. The molecule has 1 aliphatic heterocycles. The molecule has 1 aliphatic carbocycles. The number of nitrogens with one attached hydrogen (secondary N) is 1. The maximum atomic E-state index is 13.1. The van der Waals surface area contributed by atoms with Crippen molar-refractivity contribution in [2.75, 3.05) is 18.9 Å². The predicted octanol–water partition coefficient (Wildman–Crippen LogP) is 3.19. The van der Waals surface area contributed by atoms with Crippen molar-refractivity contribution in [2.24, 2.45) is 0 Å². The number of carbonyl (C=O) groups is 1. The molecule has 28 heavy (non-hydrogen) atoms. The van der Waals surface area contributed by atoms with Crippen molar-refractivity contribution in [3.8, 4) is 0 Å². The monoisotopic (exact) mass is 379 g/mol. The third kappa shape index (κ3) is 2.90. The lowest BCUT2D eigenvalue weighted by Crippen LogP contribution is -2.32. The molecule has 3 heterocycles. The second-order valence-corrected chi connectivity index (χ2v) is 7.80. The molecule has 3 aromatic rings. The van der Waals surface area contributed by atoms with Gasteiger partial charge in [-0.3, -0.25) is 4.79 Å². The van der Waals surface area contributed by atoms with Crippen LogP contribution in [0.3, 0.4) is 0 Å². The fourth-order valence-electron chi connectivity index (χ4n) is 4.54. The summed E-state index contributed by atoms with van der Waals surface area (Å²) in [5, 5.41) is 3.00. The number of nitrogens with zero attached hydrogens (tertiary/aromatic N) is 3. The Balaban J connectivity index is 1.60. The molecule has 1 aromatic carbocycles. The van der Waals surface area contributed by atoms with Crippen molar-refractivity contribution in [3.05, 3.63) is 29.8 Å². The minimum Gasteiger partial charge on any atom is -0.384 e. The first-order valence-corrected chi connectivity index (χ1v) is 10.2. The Labute approximate surface area is 163 Å². The van der Waals surface area contributed by atoms with Crippen molar-refractivity contribution in [3.63, 3.8) is 0 Å².